The molecule has 0 atom stereocenters. The maximum absolute atomic E-state index is 10.9. The number of ether oxygens (including phenoxy) is 1. The van der Waals surface area contributed by atoms with E-state index < -0.39 is 0 Å². The molecule has 0 aliphatic rings. The zero-order chi connectivity index (χ0) is 39.5. The van der Waals surface area contributed by atoms with Gasteiger partial charge < -0.3 is 19.0 Å². The van der Waals surface area contributed by atoms with E-state index in [4.69, 9.17) is 12.6 Å². The first-order chi connectivity index (χ1) is 29.1. The maximum Gasteiger partial charge on any atom is 0.128 e. The molecule has 0 aliphatic heterocycles. The number of aromatic nitrogens is 2. The Balaban J connectivity index is 0.971. The first-order valence-electron chi connectivity index (χ1n) is 19.8. The minimum Gasteiger partial charge on any atom is -0.507 e. The molecule has 0 bridgehead atoms. The van der Waals surface area contributed by atoms with Crippen LogP contribution in [0.1, 0.15) is 0 Å². The Labute approximate surface area is 342 Å². The topological polar surface area (TPSA) is 39.3 Å². The van der Waals surface area contributed by atoms with E-state index in [9.17, 15) is 5.11 Å². The van der Waals surface area contributed by atoms with Crippen LogP contribution >= 0.6 is 0 Å². The van der Waals surface area contributed by atoms with Gasteiger partial charge in [-0.25, -0.2) is 0 Å². The second-order valence-corrected chi connectivity index (χ2v) is 14.9. The predicted octanol–water partition coefficient (Wildman–Crippen LogP) is 13.2. The van der Waals surface area contributed by atoms with E-state index in [-0.39, 0.29) is 5.75 Å². The summed E-state index contributed by atoms with van der Waals surface area (Å²) >= 11 is 0. The van der Waals surface area contributed by atoms with Gasteiger partial charge in [-0.2, -0.15) is 0 Å². The first kappa shape index (κ1) is 34.5. The van der Waals surface area contributed by atoms with Crippen molar-refractivity contribution in [1.29, 1.82) is 0 Å². The van der Waals surface area contributed by atoms with Crippen LogP contribution in [0.3, 0.4) is 0 Å². The lowest BCUT2D eigenvalue weighted by Gasteiger charge is -2.17. The number of nitrogens with zero attached hydrogens (tertiary/aromatic N) is 2. The Bertz CT molecular complexity index is 3290. The largest absolute Gasteiger partial charge is 0.507 e. The fourth-order valence-electron chi connectivity index (χ4n) is 8.73. The van der Waals surface area contributed by atoms with E-state index in [1.807, 2.05) is 42.5 Å². The molecule has 276 valence electrons. The van der Waals surface area contributed by atoms with E-state index in [1.165, 1.54) is 21.5 Å². The highest BCUT2D eigenvalue weighted by Crippen LogP contribution is 2.40. The molecule has 2 radical (unpaired) electrons. The molecule has 0 spiro atoms. The molecule has 0 saturated heterocycles. The summed E-state index contributed by atoms with van der Waals surface area (Å²) in [5.41, 5.74) is 12.8. The second-order valence-electron chi connectivity index (χ2n) is 14.9. The molecule has 1 N–H and O–H groups in total. The lowest BCUT2D eigenvalue weighted by Crippen LogP contribution is -2.07. The van der Waals surface area contributed by atoms with Crippen LogP contribution in [0.4, 0.5) is 0 Å². The van der Waals surface area contributed by atoms with E-state index in [0.717, 1.165) is 61.3 Å². The lowest BCUT2D eigenvalue weighted by atomic mass is 9.90. The van der Waals surface area contributed by atoms with Crippen molar-refractivity contribution in [3.8, 4) is 62.0 Å². The molecule has 0 amide bonds. The van der Waals surface area contributed by atoms with Gasteiger partial charge in [-0.1, -0.05) is 139 Å². The van der Waals surface area contributed by atoms with Gasteiger partial charge in [-0.3, -0.25) is 0 Å². The Kier molecular flexibility index (Phi) is 8.19. The third-order valence-electron chi connectivity index (χ3n) is 11.4. The number of hydrogen-bond donors (Lipinski definition) is 1. The highest BCUT2D eigenvalue weighted by atomic mass is 16.5. The molecule has 9 aromatic carbocycles. The molecule has 0 saturated carbocycles. The first-order valence-corrected chi connectivity index (χ1v) is 19.8. The smallest absolute Gasteiger partial charge is 0.128 e. The molecule has 11 rings (SSSR count). The molecule has 5 heteroatoms. The van der Waals surface area contributed by atoms with Crippen LogP contribution < -0.4 is 10.2 Å². The molecular formula is C54H35BN2O2. The van der Waals surface area contributed by atoms with Gasteiger partial charge in [0.05, 0.1) is 27.8 Å². The van der Waals surface area contributed by atoms with E-state index in [2.05, 4.69) is 167 Å². The SMILES string of the molecule is [B]c1cc(-c2ccccc2-n2c3ccccc3c3ccccc32)ccc1Oc1cc(-c2ccc(-n3c4ccccc4c4ccccc43)cc2)cc(-c2ccccc2O)c1. The Morgan fingerprint density at radius 1 is 0.390 bits per heavy atom. The summed E-state index contributed by atoms with van der Waals surface area (Å²) in [5, 5.41) is 15.8. The predicted molar refractivity (Wildman–Crippen MR) is 245 cm³/mol. The molecule has 2 heterocycles. The van der Waals surface area contributed by atoms with Crippen molar-refractivity contribution in [1.82, 2.24) is 9.13 Å². The van der Waals surface area contributed by atoms with Crippen LogP contribution in [0.15, 0.2) is 206 Å². The summed E-state index contributed by atoms with van der Waals surface area (Å²) in [5.74, 6) is 1.35. The van der Waals surface area contributed by atoms with Gasteiger partial charge in [-0.15, -0.1) is 0 Å². The minimum absolute atomic E-state index is 0.197. The Morgan fingerprint density at radius 3 is 1.47 bits per heavy atom. The number of phenolic OH excluding ortho intramolecular Hbond substituents is 1. The van der Waals surface area contributed by atoms with Gasteiger partial charge in [0.25, 0.3) is 0 Å². The summed E-state index contributed by atoms with van der Waals surface area (Å²) in [6, 6.07) is 70.7. The van der Waals surface area contributed by atoms with E-state index in [0.29, 0.717) is 22.5 Å². The van der Waals surface area contributed by atoms with Gasteiger partial charge in [0.15, 0.2) is 0 Å². The molecule has 0 unspecified atom stereocenters. The Hall–Kier alpha value is -7.76. The number of phenols is 1. The number of fused-ring (bicyclic) bond motifs is 6. The standard InChI is InChI=1S/C54H35BN2O2/c55-47-34-36(41-13-1-7-19-48(41)57-51-22-10-4-17-45(51)46-18-5-11-23-52(46)57)27-30-54(47)59-40-32-37(31-38(33-40)42-14-6-12-24-53(42)58)35-25-28-39(29-26-35)56-49-20-8-2-15-43(49)44-16-3-9-21-50(44)56/h1-34,58H. The fourth-order valence-corrected chi connectivity index (χ4v) is 8.73. The van der Waals surface area contributed by atoms with Crippen molar-refractivity contribution >= 4 is 56.9 Å². The summed E-state index contributed by atoms with van der Waals surface area (Å²) in [7, 11) is 6.85. The average molecular weight is 755 g/mol. The lowest BCUT2D eigenvalue weighted by molar-refractivity contribution is 0.477. The van der Waals surface area contributed by atoms with Crippen molar-refractivity contribution in [2.24, 2.45) is 0 Å². The highest BCUT2D eigenvalue weighted by Gasteiger charge is 2.17. The normalized spacial score (nSPS) is 11.5. The summed E-state index contributed by atoms with van der Waals surface area (Å²) < 4.78 is 11.3. The van der Waals surface area contributed by atoms with Crippen LogP contribution in [0.25, 0.3) is 88.4 Å². The molecule has 0 aliphatic carbocycles. The molecule has 0 fully saturated rings. The van der Waals surface area contributed by atoms with Crippen LogP contribution in [0, 0.1) is 0 Å². The second kappa shape index (κ2) is 14.0. The van der Waals surface area contributed by atoms with Gasteiger partial charge in [0.2, 0.25) is 0 Å². The monoisotopic (exact) mass is 754 g/mol. The minimum atomic E-state index is 0.197. The third kappa shape index (κ3) is 5.86. The molecule has 2 aromatic heterocycles. The highest BCUT2D eigenvalue weighted by molar-refractivity contribution is 6.34. The fraction of sp³-hybridized carbons (Fsp3) is 0. The van der Waals surface area contributed by atoms with Crippen LogP contribution in [0.5, 0.6) is 17.2 Å². The van der Waals surface area contributed by atoms with Crippen molar-refractivity contribution < 1.29 is 9.84 Å². The van der Waals surface area contributed by atoms with Gasteiger partial charge in [0.1, 0.15) is 25.1 Å². The van der Waals surface area contributed by atoms with Gasteiger partial charge in [-0.05, 0) is 95.1 Å². The van der Waals surface area contributed by atoms with Gasteiger partial charge >= 0.3 is 0 Å². The zero-order valence-corrected chi connectivity index (χ0v) is 32.0. The molecule has 4 nitrogen and oxygen atoms in total. The van der Waals surface area contributed by atoms with Crippen molar-refractivity contribution in [3.05, 3.63) is 206 Å². The number of rotatable bonds is 7. The van der Waals surface area contributed by atoms with Gasteiger partial charge in [0, 0.05) is 38.4 Å². The number of benzene rings is 9. The quantitative estimate of drug-likeness (QED) is 0.165. The van der Waals surface area contributed by atoms with E-state index in [1.54, 1.807) is 6.07 Å². The zero-order valence-electron chi connectivity index (χ0n) is 32.0. The summed E-state index contributed by atoms with van der Waals surface area (Å²) in [4.78, 5) is 0. The Morgan fingerprint density at radius 2 is 0.881 bits per heavy atom. The van der Waals surface area contributed by atoms with Crippen LogP contribution in [0.2, 0.25) is 0 Å². The van der Waals surface area contributed by atoms with Crippen molar-refractivity contribution in [3.63, 3.8) is 0 Å². The summed E-state index contributed by atoms with van der Waals surface area (Å²) in [6.07, 6.45) is 0. The maximum atomic E-state index is 10.9. The van der Waals surface area contributed by atoms with Crippen LogP contribution in [-0.2, 0) is 0 Å². The number of para-hydroxylation sites is 6. The summed E-state index contributed by atoms with van der Waals surface area (Å²) in [6.45, 7) is 0. The molecular weight excluding hydrogens is 719 g/mol. The average Bonchev–Trinajstić information content (AvgIpc) is 3.80. The number of hydrogen-bond acceptors (Lipinski definition) is 2. The number of aromatic hydroxyl groups is 1. The molecule has 59 heavy (non-hydrogen) atoms. The van der Waals surface area contributed by atoms with Crippen LogP contribution in [-0.4, -0.2) is 22.1 Å². The third-order valence-corrected chi connectivity index (χ3v) is 11.4. The van der Waals surface area contributed by atoms with Crippen molar-refractivity contribution in [2.45, 2.75) is 0 Å². The van der Waals surface area contributed by atoms with E-state index >= 15 is 0 Å². The molecule has 11 aromatic rings. The van der Waals surface area contributed by atoms with Crippen molar-refractivity contribution in [2.75, 3.05) is 0 Å².